The Morgan fingerprint density at radius 3 is 1.81 bits per heavy atom. The molecule has 0 aromatic rings. The van der Waals surface area contributed by atoms with Gasteiger partial charge in [-0.3, -0.25) is 4.79 Å². The highest BCUT2D eigenvalue weighted by atomic mass is 28.4. The molecule has 0 aliphatic heterocycles. The van der Waals surface area contributed by atoms with Crippen LogP contribution in [0.3, 0.4) is 0 Å². The molecule has 13 atom stereocenters. The van der Waals surface area contributed by atoms with Gasteiger partial charge in [-0.1, -0.05) is 103 Å². The van der Waals surface area contributed by atoms with Crippen molar-refractivity contribution in [1.29, 1.82) is 0 Å². The molecule has 5 fully saturated rings. The van der Waals surface area contributed by atoms with E-state index in [2.05, 4.69) is 113 Å². The maximum atomic E-state index is 15.2. The number of carbonyl (C=O) groups excluding carboxylic acids is 2. The van der Waals surface area contributed by atoms with Crippen LogP contribution in [-0.4, -0.2) is 115 Å². The first-order valence-electron chi connectivity index (χ1n) is 28.0. The van der Waals surface area contributed by atoms with Crippen LogP contribution in [0.25, 0.3) is 0 Å². The Morgan fingerprint density at radius 2 is 1.29 bits per heavy atom. The Bertz CT molecular complexity index is 1810. The number of aldehydes is 1. The number of carbonyl (C=O) groups is 2. The summed E-state index contributed by atoms with van der Waals surface area (Å²) < 4.78 is 55.6. The standard InChI is InChI=1S/C56H102O10Si4/c1-18-70(19-2,20-3)66-50-45-24-22-43(44-23-21-42(40(4)5)49(44)65-41(6)58)46(45)35-54(36-57)48-26-28-56(50,54)52(63-38-60-30-33-68(12,13)14)55(48)27-25-47(51(55)62-37-59-29-32-67(9,10)11)53(7,8)64-39-61-31-34-69(15,16)17/h35-36,42-45,47-52H,4,18-34,37-39H2,1-3,5-17H3/t42-,43-,44+,45+,47+,48+,49+,50-,51-,52-,54-,55+,56+/m0/s1. The molecule has 70 heavy (non-hydrogen) atoms. The third-order valence-electron chi connectivity index (χ3n) is 19.2. The maximum Gasteiger partial charge on any atom is 0.302 e. The second-order valence-corrected chi connectivity index (χ2v) is 48.9. The topological polar surface area (TPSA) is 108 Å². The summed E-state index contributed by atoms with van der Waals surface area (Å²) in [5.41, 5.74) is -0.232. The molecule has 6 aliphatic carbocycles. The van der Waals surface area contributed by atoms with Gasteiger partial charge in [-0.2, -0.15) is 0 Å². The molecular weight excluding hydrogens is 945 g/mol. The average Bonchev–Trinajstić information content (AvgIpc) is 4.07. The van der Waals surface area contributed by atoms with Crippen molar-refractivity contribution in [3.63, 3.8) is 0 Å². The van der Waals surface area contributed by atoms with E-state index in [1.165, 1.54) is 11.9 Å². The molecule has 6 aliphatic rings. The lowest BCUT2D eigenvalue weighted by Gasteiger charge is -2.56. The van der Waals surface area contributed by atoms with Gasteiger partial charge in [0.25, 0.3) is 0 Å². The normalized spacial score (nSPS) is 35.3. The average molecular weight is 1050 g/mol. The van der Waals surface area contributed by atoms with Crippen molar-refractivity contribution in [2.75, 3.05) is 40.2 Å². The minimum atomic E-state index is -2.30. The first kappa shape index (κ1) is 58.5. The maximum absolute atomic E-state index is 15.2. The summed E-state index contributed by atoms with van der Waals surface area (Å²) >= 11 is 0. The highest BCUT2D eigenvalue weighted by Crippen LogP contribution is 2.82. The van der Waals surface area contributed by atoms with Crippen LogP contribution in [0.2, 0.25) is 95.2 Å². The molecule has 0 aromatic carbocycles. The van der Waals surface area contributed by atoms with E-state index in [9.17, 15) is 4.79 Å². The Hall–Kier alpha value is -0.792. The van der Waals surface area contributed by atoms with E-state index >= 15 is 4.79 Å². The lowest BCUT2D eigenvalue weighted by molar-refractivity contribution is -0.243. The third-order valence-corrected chi connectivity index (χ3v) is 28.9. The molecule has 10 nitrogen and oxygen atoms in total. The Morgan fingerprint density at radius 1 is 0.729 bits per heavy atom. The van der Waals surface area contributed by atoms with Crippen molar-refractivity contribution in [1.82, 2.24) is 0 Å². The summed E-state index contributed by atoms with van der Waals surface area (Å²) in [7, 11) is -6.31. The van der Waals surface area contributed by atoms with Gasteiger partial charge < -0.3 is 42.4 Å². The van der Waals surface area contributed by atoms with Gasteiger partial charge in [-0.15, -0.1) is 0 Å². The number of fused-ring (bicyclic) bond motifs is 2. The van der Waals surface area contributed by atoms with Crippen LogP contribution < -0.4 is 0 Å². The fourth-order valence-corrected chi connectivity index (χ4v) is 20.3. The monoisotopic (exact) mass is 1050 g/mol. The largest absolute Gasteiger partial charge is 0.462 e. The van der Waals surface area contributed by atoms with E-state index in [-0.39, 0.29) is 86.3 Å². The number of esters is 1. The number of ether oxygens (including phenoxy) is 7. The van der Waals surface area contributed by atoms with E-state index in [1.807, 2.05) is 0 Å². The molecule has 0 aromatic heterocycles. The van der Waals surface area contributed by atoms with Gasteiger partial charge in [0.2, 0.25) is 0 Å². The van der Waals surface area contributed by atoms with Crippen molar-refractivity contribution >= 4 is 44.8 Å². The van der Waals surface area contributed by atoms with Gasteiger partial charge in [0, 0.05) is 85.5 Å². The van der Waals surface area contributed by atoms with Crippen LogP contribution in [-0.2, 0) is 47.2 Å². The smallest absolute Gasteiger partial charge is 0.302 e. The van der Waals surface area contributed by atoms with E-state index < -0.39 is 54.4 Å². The van der Waals surface area contributed by atoms with Crippen molar-refractivity contribution in [3.05, 3.63) is 23.8 Å². The highest BCUT2D eigenvalue weighted by Gasteiger charge is 2.85. The summed E-state index contributed by atoms with van der Waals surface area (Å²) in [5.74, 6) is 0.253. The molecule has 0 saturated heterocycles. The summed E-state index contributed by atoms with van der Waals surface area (Å²) in [5, 5.41) is 0. The van der Waals surface area contributed by atoms with Crippen LogP contribution in [0.1, 0.15) is 99.8 Å². The van der Waals surface area contributed by atoms with Gasteiger partial charge in [0.1, 0.15) is 32.8 Å². The number of allylic oxidation sites excluding steroid dienone is 1. The quantitative estimate of drug-likeness (QED) is 0.0188. The number of hydrogen-bond acceptors (Lipinski definition) is 10. The molecule has 6 rings (SSSR count). The van der Waals surface area contributed by atoms with Crippen LogP contribution >= 0.6 is 0 Å². The fourth-order valence-electron chi connectivity index (χ4n) is 15.1. The molecule has 14 heteroatoms. The molecule has 0 N–H and O–H groups in total. The minimum Gasteiger partial charge on any atom is -0.462 e. The first-order chi connectivity index (χ1) is 32.7. The molecule has 402 valence electrons. The van der Waals surface area contributed by atoms with Gasteiger partial charge >= 0.3 is 5.97 Å². The number of rotatable bonds is 28. The zero-order valence-corrected chi connectivity index (χ0v) is 51.4. The van der Waals surface area contributed by atoms with Crippen molar-refractivity contribution in [2.24, 2.45) is 51.8 Å². The molecular formula is C56H102O10Si4. The molecule has 0 amide bonds. The van der Waals surface area contributed by atoms with Crippen LogP contribution in [0.5, 0.6) is 0 Å². The molecule has 1 spiro atoms. The lowest BCUT2D eigenvalue weighted by Crippen LogP contribution is -2.63. The lowest BCUT2D eigenvalue weighted by atomic mass is 9.55. The van der Waals surface area contributed by atoms with E-state index in [4.69, 9.17) is 37.6 Å². The van der Waals surface area contributed by atoms with Gasteiger partial charge in [-0.25, -0.2) is 0 Å². The molecule has 5 saturated carbocycles. The van der Waals surface area contributed by atoms with E-state index in [0.29, 0.717) is 19.8 Å². The second-order valence-electron chi connectivity index (χ2n) is 27.3. The highest BCUT2D eigenvalue weighted by molar-refractivity contribution is 6.77. The van der Waals surface area contributed by atoms with Gasteiger partial charge in [-0.05, 0) is 120 Å². The molecule has 0 heterocycles. The van der Waals surface area contributed by atoms with Gasteiger partial charge in [0.15, 0.2) is 8.32 Å². The zero-order chi connectivity index (χ0) is 51.7. The molecule has 2 bridgehead atoms. The summed E-state index contributed by atoms with van der Waals surface area (Å²) in [6, 6.07) is 6.23. The third kappa shape index (κ3) is 11.8. The van der Waals surface area contributed by atoms with Crippen LogP contribution in [0.4, 0.5) is 0 Å². The van der Waals surface area contributed by atoms with Crippen LogP contribution in [0.15, 0.2) is 23.8 Å². The second kappa shape index (κ2) is 22.8. The Balaban J connectivity index is 1.52. The van der Waals surface area contributed by atoms with Crippen molar-refractivity contribution in [3.8, 4) is 0 Å². The SMILES string of the molecule is C=C(C)[C@@H]1CC[C@H]([C@@H]2CC[C@@H]3C2=C[C@]2(C=O)[C@H]4CC[C@@]2([C@H]3O[Si](CC)(CC)CC)[C@@H](OCOCC[Si](C)(C)C)[C@]42CC[C@@H](C(C)(C)OCOCC[Si](C)(C)C)[C@@H]2OCOCC[Si](C)(C)C)[C@@H]1OC(C)=O. The minimum absolute atomic E-state index is 0.0224. The Labute approximate surface area is 430 Å². The van der Waals surface area contributed by atoms with E-state index in [0.717, 1.165) is 93.2 Å². The number of hydrogen-bond donors (Lipinski definition) is 0. The molecule has 0 unspecified atom stereocenters. The summed E-state index contributed by atoms with van der Waals surface area (Å²) in [6.45, 7) is 43.5. The Kier molecular flexibility index (Phi) is 19.1. The van der Waals surface area contributed by atoms with Crippen molar-refractivity contribution in [2.45, 2.75) is 225 Å². The predicted molar refractivity (Wildman–Crippen MR) is 294 cm³/mol. The summed E-state index contributed by atoms with van der Waals surface area (Å²) in [6.07, 6.45) is 10.1. The molecule has 0 radical (unpaired) electrons. The summed E-state index contributed by atoms with van der Waals surface area (Å²) in [4.78, 5) is 28.0. The predicted octanol–water partition coefficient (Wildman–Crippen LogP) is 13.4. The fraction of sp³-hybridized carbons (Fsp3) is 0.893. The van der Waals surface area contributed by atoms with Crippen molar-refractivity contribution < 1.29 is 47.2 Å². The first-order valence-corrected chi connectivity index (χ1v) is 41.7. The zero-order valence-electron chi connectivity index (χ0n) is 47.4. The van der Waals surface area contributed by atoms with E-state index in [1.54, 1.807) is 6.92 Å². The van der Waals surface area contributed by atoms with Crippen LogP contribution in [0, 0.1) is 51.8 Å². The van der Waals surface area contributed by atoms with Gasteiger partial charge in [0.05, 0.1) is 29.3 Å².